The van der Waals surface area contributed by atoms with Gasteiger partial charge in [0.2, 0.25) is 0 Å². The normalized spacial score (nSPS) is 15.4. The Bertz CT molecular complexity index is 209. The quantitative estimate of drug-likeness (QED) is 0.540. The van der Waals surface area contributed by atoms with Crippen LogP contribution in [0.5, 0.6) is 0 Å². The van der Waals surface area contributed by atoms with Gasteiger partial charge in [0.05, 0.1) is 13.1 Å². The first-order valence-electron chi connectivity index (χ1n) is 3.95. The van der Waals surface area contributed by atoms with E-state index in [1.165, 1.54) is 12.8 Å². The summed E-state index contributed by atoms with van der Waals surface area (Å²) in [4.78, 5) is 2.26. The molecule has 0 aromatic rings. The van der Waals surface area contributed by atoms with Crippen LogP contribution >= 0.6 is 0 Å². The molecule has 0 aromatic carbocycles. The van der Waals surface area contributed by atoms with Crippen molar-refractivity contribution >= 4 is 0 Å². The number of rotatable bonds is 3. The SMILES string of the molecule is C#CCN(CC#CC)C1CC1. The van der Waals surface area contributed by atoms with Crippen LogP contribution < -0.4 is 0 Å². The predicted molar refractivity (Wildman–Crippen MR) is 46.9 cm³/mol. The Labute approximate surface area is 68.8 Å². The van der Waals surface area contributed by atoms with Crippen molar-refractivity contribution in [3.63, 3.8) is 0 Å². The third-order valence-electron chi connectivity index (χ3n) is 1.82. The van der Waals surface area contributed by atoms with Crippen molar-refractivity contribution < 1.29 is 0 Å². The van der Waals surface area contributed by atoms with Crippen LogP contribution in [0.25, 0.3) is 0 Å². The van der Waals surface area contributed by atoms with E-state index in [1.807, 2.05) is 6.92 Å². The summed E-state index contributed by atoms with van der Waals surface area (Å²) in [5.41, 5.74) is 0. The highest BCUT2D eigenvalue weighted by Crippen LogP contribution is 2.25. The van der Waals surface area contributed by atoms with Crippen molar-refractivity contribution in [2.24, 2.45) is 0 Å². The third kappa shape index (κ3) is 2.66. The summed E-state index contributed by atoms with van der Waals surface area (Å²) in [6.45, 7) is 3.45. The van der Waals surface area contributed by atoms with E-state index in [0.29, 0.717) is 0 Å². The van der Waals surface area contributed by atoms with Crippen molar-refractivity contribution in [1.82, 2.24) is 4.90 Å². The van der Waals surface area contributed by atoms with Gasteiger partial charge < -0.3 is 0 Å². The average Bonchev–Trinajstić information content (AvgIpc) is 2.80. The van der Waals surface area contributed by atoms with Crippen LogP contribution in [0.1, 0.15) is 19.8 Å². The van der Waals surface area contributed by atoms with E-state index in [9.17, 15) is 0 Å². The summed E-state index contributed by atoms with van der Waals surface area (Å²) >= 11 is 0. The molecule has 0 spiro atoms. The lowest BCUT2D eigenvalue weighted by Gasteiger charge is -2.14. The van der Waals surface area contributed by atoms with Crippen molar-refractivity contribution in [1.29, 1.82) is 0 Å². The molecule has 0 radical (unpaired) electrons. The molecule has 1 aliphatic carbocycles. The largest absolute Gasteiger partial charge is 0.278 e. The monoisotopic (exact) mass is 147 g/mol. The minimum Gasteiger partial charge on any atom is -0.278 e. The van der Waals surface area contributed by atoms with Gasteiger partial charge in [-0.05, 0) is 19.8 Å². The maximum atomic E-state index is 5.23. The Kier molecular flexibility index (Phi) is 3.02. The molecule has 0 atom stereocenters. The summed E-state index contributed by atoms with van der Waals surface area (Å²) in [5, 5.41) is 0. The summed E-state index contributed by atoms with van der Waals surface area (Å²) in [5.74, 6) is 8.57. The molecule has 0 amide bonds. The lowest BCUT2D eigenvalue weighted by atomic mass is 10.4. The molecule has 0 N–H and O–H groups in total. The van der Waals surface area contributed by atoms with Gasteiger partial charge in [-0.1, -0.05) is 11.8 Å². The fourth-order valence-electron chi connectivity index (χ4n) is 1.05. The van der Waals surface area contributed by atoms with Gasteiger partial charge in [-0.15, -0.1) is 12.3 Å². The Morgan fingerprint density at radius 2 is 2.18 bits per heavy atom. The molecule has 1 aliphatic rings. The number of hydrogen-bond donors (Lipinski definition) is 0. The van der Waals surface area contributed by atoms with E-state index in [2.05, 4.69) is 22.7 Å². The molecule has 1 heteroatoms. The molecule has 0 bridgehead atoms. The third-order valence-corrected chi connectivity index (χ3v) is 1.82. The van der Waals surface area contributed by atoms with Gasteiger partial charge in [-0.3, -0.25) is 4.90 Å². The minimum absolute atomic E-state index is 0.729. The Morgan fingerprint density at radius 3 is 2.64 bits per heavy atom. The van der Waals surface area contributed by atoms with Gasteiger partial charge in [0, 0.05) is 6.04 Å². The van der Waals surface area contributed by atoms with E-state index in [1.54, 1.807) is 0 Å². The highest BCUT2D eigenvalue weighted by atomic mass is 15.2. The highest BCUT2D eigenvalue weighted by Gasteiger charge is 2.27. The zero-order chi connectivity index (χ0) is 8.10. The second kappa shape index (κ2) is 4.06. The molecule has 0 unspecified atom stereocenters. The molecule has 1 fully saturated rings. The maximum Gasteiger partial charge on any atom is 0.0612 e. The van der Waals surface area contributed by atoms with Gasteiger partial charge in [-0.2, -0.15) is 0 Å². The van der Waals surface area contributed by atoms with Gasteiger partial charge >= 0.3 is 0 Å². The molecular weight excluding hydrogens is 134 g/mol. The lowest BCUT2D eigenvalue weighted by Crippen LogP contribution is -2.26. The summed E-state index contributed by atoms with van der Waals surface area (Å²) in [6.07, 6.45) is 7.82. The maximum absolute atomic E-state index is 5.23. The highest BCUT2D eigenvalue weighted by molar-refractivity contribution is 5.03. The smallest absolute Gasteiger partial charge is 0.0612 e. The molecule has 0 aliphatic heterocycles. The second-order valence-electron chi connectivity index (χ2n) is 2.77. The standard InChI is InChI=1S/C10H13N/c1-3-5-9-11(8-4-2)10-6-7-10/h2,10H,6-9H2,1H3. The topological polar surface area (TPSA) is 3.24 Å². The second-order valence-corrected chi connectivity index (χ2v) is 2.77. The van der Waals surface area contributed by atoms with Gasteiger partial charge in [0.25, 0.3) is 0 Å². The van der Waals surface area contributed by atoms with Crippen LogP contribution in [0.4, 0.5) is 0 Å². The zero-order valence-electron chi connectivity index (χ0n) is 6.93. The van der Waals surface area contributed by atoms with Crippen LogP contribution in [0, 0.1) is 24.2 Å². The molecule has 11 heavy (non-hydrogen) atoms. The predicted octanol–water partition coefficient (Wildman–Crippen LogP) is 1.11. The van der Waals surface area contributed by atoms with Gasteiger partial charge in [0.1, 0.15) is 0 Å². The molecule has 0 saturated heterocycles. The first-order chi connectivity index (χ1) is 5.38. The van der Waals surface area contributed by atoms with Crippen LogP contribution in [-0.2, 0) is 0 Å². The molecule has 1 saturated carbocycles. The first kappa shape index (κ1) is 8.18. The first-order valence-corrected chi connectivity index (χ1v) is 3.95. The average molecular weight is 147 g/mol. The molecular formula is C10H13N. The number of hydrogen-bond acceptors (Lipinski definition) is 1. The van der Waals surface area contributed by atoms with Crippen LogP contribution in [0.2, 0.25) is 0 Å². The molecule has 58 valence electrons. The molecule has 0 heterocycles. The number of nitrogens with zero attached hydrogens (tertiary/aromatic N) is 1. The van der Waals surface area contributed by atoms with Crippen LogP contribution in [0.3, 0.4) is 0 Å². The Morgan fingerprint density at radius 1 is 1.45 bits per heavy atom. The molecule has 1 nitrogen and oxygen atoms in total. The van der Waals surface area contributed by atoms with E-state index < -0.39 is 0 Å². The van der Waals surface area contributed by atoms with E-state index in [0.717, 1.165) is 19.1 Å². The zero-order valence-corrected chi connectivity index (χ0v) is 6.93. The fraction of sp³-hybridized carbons (Fsp3) is 0.600. The van der Waals surface area contributed by atoms with Crippen molar-refractivity contribution in [3.05, 3.63) is 0 Å². The minimum atomic E-state index is 0.729. The summed E-state index contributed by atoms with van der Waals surface area (Å²) in [6, 6.07) is 0.729. The summed E-state index contributed by atoms with van der Waals surface area (Å²) in [7, 11) is 0. The Balaban J connectivity index is 2.31. The van der Waals surface area contributed by atoms with Gasteiger partial charge in [0.15, 0.2) is 0 Å². The van der Waals surface area contributed by atoms with Gasteiger partial charge in [-0.25, -0.2) is 0 Å². The van der Waals surface area contributed by atoms with E-state index >= 15 is 0 Å². The van der Waals surface area contributed by atoms with Crippen molar-refractivity contribution in [3.8, 4) is 24.2 Å². The van der Waals surface area contributed by atoms with Crippen LogP contribution in [0.15, 0.2) is 0 Å². The molecule has 1 rings (SSSR count). The van der Waals surface area contributed by atoms with E-state index in [-0.39, 0.29) is 0 Å². The van der Waals surface area contributed by atoms with E-state index in [4.69, 9.17) is 6.42 Å². The molecule has 0 aromatic heterocycles. The fourth-order valence-corrected chi connectivity index (χ4v) is 1.05. The lowest BCUT2D eigenvalue weighted by molar-refractivity contribution is 0.335. The van der Waals surface area contributed by atoms with Crippen LogP contribution in [-0.4, -0.2) is 24.0 Å². The van der Waals surface area contributed by atoms with Crippen molar-refractivity contribution in [2.45, 2.75) is 25.8 Å². The number of terminal acetylenes is 1. The summed E-state index contributed by atoms with van der Waals surface area (Å²) < 4.78 is 0. The van der Waals surface area contributed by atoms with Crippen molar-refractivity contribution in [2.75, 3.05) is 13.1 Å². The Hall–Kier alpha value is -0.920.